The topological polar surface area (TPSA) is 16.1 Å². The Hall–Kier alpha value is -0.900. The van der Waals surface area contributed by atoms with E-state index in [1.807, 2.05) is 5.38 Å². The second-order valence-electron chi connectivity index (χ2n) is 6.00. The average Bonchev–Trinajstić information content (AvgIpc) is 2.97. The van der Waals surface area contributed by atoms with Gasteiger partial charge < -0.3 is 0 Å². The highest BCUT2D eigenvalue weighted by Gasteiger charge is 2.20. The average molecular weight is 323 g/mol. The highest BCUT2D eigenvalue weighted by Crippen LogP contribution is 2.25. The summed E-state index contributed by atoms with van der Waals surface area (Å²) < 4.78 is 0. The van der Waals surface area contributed by atoms with Crippen molar-refractivity contribution < 1.29 is 0 Å². The molecule has 0 saturated carbocycles. The minimum Gasteiger partial charge on any atom is -0.297 e. The van der Waals surface area contributed by atoms with Gasteiger partial charge >= 0.3 is 0 Å². The normalized spacial score (nSPS) is 12.1. The van der Waals surface area contributed by atoms with Crippen molar-refractivity contribution in [3.8, 4) is 10.6 Å². The number of halogens is 1. The van der Waals surface area contributed by atoms with Crippen LogP contribution in [0.4, 0.5) is 0 Å². The van der Waals surface area contributed by atoms with E-state index in [0.717, 1.165) is 29.2 Å². The molecule has 0 amide bonds. The largest absolute Gasteiger partial charge is 0.297 e. The Kier molecular flexibility index (Phi) is 5.42. The van der Waals surface area contributed by atoms with Crippen LogP contribution in [-0.2, 0) is 12.4 Å². The molecular formula is C17H23ClN2S. The van der Waals surface area contributed by atoms with Crippen molar-refractivity contribution >= 4 is 22.9 Å². The third-order valence-corrected chi connectivity index (χ3v) is 5.42. The first-order valence-electron chi connectivity index (χ1n) is 7.27. The lowest BCUT2D eigenvalue weighted by Crippen LogP contribution is -2.39. The van der Waals surface area contributed by atoms with E-state index >= 15 is 0 Å². The molecule has 0 spiro atoms. The molecule has 0 atom stereocenters. The first-order valence-corrected chi connectivity index (χ1v) is 8.68. The van der Waals surface area contributed by atoms with Gasteiger partial charge in [-0.05, 0) is 32.9 Å². The van der Waals surface area contributed by atoms with Crippen molar-refractivity contribution in [1.82, 2.24) is 9.88 Å². The van der Waals surface area contributed by atoms with Gasteiger partial charge in [0, 0.05) is 23.0 Å². The van der Waals surface area contributed by atoms with Gasteiger partial charge in [0.05, 0.1) is 11.6 Å². The number of nitrogens with zero attached hydrogens (tertiary/aromatic N) is 2. The number of thiazole rings is 1. The summed E-state index contributed by atoms with van der Waals surface area (Å²) >= 11 is 7.45. The molecule has 21 heavy (non-hydrogen) atoms. The third-order valence-electron chi connectivity index (χ3n) is 4.21. The zero-order valence-electron chi connectivity index (χ0n) is 13.2. The van der Waals surface area contributed by atoms with E-state index in [2.05, 4.69) is 62.0 Å². The standard InChI is InChI=1S/C17H23ClN2S/c1-5-17(2,3)20(4)11-13-6-8-14(9-7-13)16-19-15(10-18)12-21-16/h6-9,12H,5,10-11H2,1-4H3. The molecule has 1 heterocycles. The summed E-state index contributed by atoms with van der Waals surface area (Å²) in [5.41, 5.74) is 3.67. The molecule has 2 aromatic rings. The lowest BCUT2D eigenvalue weighted by molar-refractivity contribution is 0.143. The predicted molar refractivity (Wildman–Crippen MR) is 92.9 cm³/mol. The zero-order chi connectivity index (χ0) is 15.5. The molecule has 0 unspecified atom stereocenters. The summed E-state index contributed by atoms with van der Waals surface area (Å²) in [6, 6.07) is 8.69. The molecule has 0 bridgehead atoms. The van der Waals surface area contributed by atoms with Gasteiger partial charge in [-0.25, -0.2) is 4.98 Å². The quantitative estimate of drug-likeness (QED) is 0.682. The van der Waals surface area contributed by atoms with Crippen molar-refractivity contribution in [3.05, 3.63) is 40.9 Å². The van der Waals surface area contributed by atoms with Crippen molar-refractivity contribution in [3.63, 3.8) is 0 Å². The van der Waals surface area contributed by atoms with Crippen LogP contribution in [0.3, 0.4) is 0 Å². The number of hydrogen-bond acceptors (Lipinski definition) is 3. The maximum absolute atomic E-state index is 5.81. The summed E-state index contributed by atoms with van der Waals surface area (Å²) in [5, 5.41) is 3.06. The highest BCUT2D eigenvalue weighted by atomic mass is 35.5. The Morgan fingerprint density at radius 3 is 2.43 bits per heavy atom. The summed E-state index contributed by atoms with van der Waals surface area (Å²) in [7, 11) is 2.19. The van der Waals surface area contributed by atoms with E-state index in [4.69, 9.17) is 11.6 Å². The molecular weight excluding hydrogens is 300 g/mol. The molecule has 2 rings (SSSR count). The molecule has 4 heteroatoms. The van der Waals surface area contributed by atoms with E-state index in [0.29, 0.717) is 5.88 Å². The van der Waals surface area contributed by atoms with Crippen molar-refractivity contribution in [2.45, 2.75) is 45.2 Å². The molecule has 1 aromatic heterocycles. The molecule has 0 aliphatic heterocycles. The van der Waals surface area contributed by atoms with Crippen molar-refractivity contribution in [2.75, 3.05) is 7.05 Å². The van der Waals surface area contributed by atoms with Gasteiger partial charge in [-0.1, -0.05) is 31.2 Å². The van der Waals surface area contributed by atoms with Crippen LogP contribution in [0.2, 0.25) is 0 Å². The molecule has 0 radical (unpaired) electrons. The van der Waals surface area contributed by atoms with Crippen LogP contribution in [0.1, 0.15) is 38.4 Å². The Bertz CT molecular complexity index is 575. The Morgan fingerprint density at radius 1 is 1.24 bits per heavy atom. The number of aromatic nitrogens is 1. The van der Waals surface area contributed by atoms with Crippen LogP contribution in [0.5, 0.6) is 0 Å². The maximum atomic E-state index is 5.81. The molecule has 114 valence electrons. The summed E-state index contributed by atoms with van der Waals surface area (Å²) in [5.74, 6) is 0.478. The van der Waals surface area contributed by atoms with Gasteiger partial charge in [0.1, 0.15) is 5.01 Å². The summed E-state index contributed by atoms with van der Waals surface area (Å²) in [6.45, 7) is 7.76. The van der Waals surface area contributed by atoms with Crippen LogP contribution in [0.25, 0.3) is 10.6 Å². The van der Waals surface area contributed by atoms with Crippen molar-refractivity contribution in [2.24, 2.45) is 0 Å². The molecule has 1 aromatic carbocycles. The summed E-state index contributed by atoms with van der Waals surface area (Å²) in [6.07, 6.45) is 1.14. The smallest absolute Gasteiger partial charge is 0.123 e. The molecule has 0 N–H and O–H groups in total. The fourth-order valence-electron chi connectivity index (χ4n) is 2.01. The third kappa shape index (κ3) is 4.06. The lowest BCUT2D eigenvalue weighted by atomic mass is 9.99. The zero-order valence-corrected chi connectivity index (χ0v) is 14.8. The van der Waals surface area contributed by atoms with Crippen LogP contribution < -0.4 is 0 Å². The number of benzene rings is 1. The minimum absolute atomic E-state index is 0.225. The van der Waals surface area contributed by atoms with E-state index in [1.54, 1.807) is 11.3 Å². The first-order chi connectivity index (χ1) is 9.96. The number of alkyl halides is 1. The molecule has 0 saturated heterocycles. The second kappa shape index (κ2) is 6.91. The van der Waals surface area contributed by atoms with E-state index < -0.39 is 0 Å². The van der Waals surface area contributed by atoms with Crippen LogP contribution in [-0.4, -0.2) is 22.5 Å². The lowest BCUT2D eigenvalue weighted by Gasteiger charge is -2.34. The van der Waals surface area contributed by atoms with Gasteiger partial charge in [-0.2, -0.15) is 0 Å². The van der Waals surface area contributed by atoms with Crippen LogP contribution >= 0.6 is 22.9 Å². The predicted octanol–water partition coefficient (Wildman–Crippen LogP) is 5.17. The van der Waals surface area contributed by atoms with Gasteiger partial charge in [-0.15, -0.1) is 22.9 Å². The van der Waals surface area contributed by atoms with Crippen LogP contribution in [0.15, 0.2) is 29.6 Å². The monoisotopic (exact) mass is 322 g/mol. The van der Waals surface area contributed by atoms with Gasteiger partial charge in [0.15, 0.2) is 0 Å². The van der Waals surface area contributed by atoms with E-state index in [1.165, 1.54) is 5.56 Å². The molecule has 0 aliphatic carbocycles. The van der Waals surface area contributed by atoms with Gasteiger partial charge in [0.25, 0.3) is 0 Å². The van der Waals surface area contributed by atoms with Gasteiger partial charge in [0.2, 0.25) is 0 Å². The number of rotatable bonds is 6. The van der Waals surface area contributed by atoms with Crippen LogP contribution in [0, 0.1) is 0 Å². The highest BCUT2D eigenvalue weighted by molar-refractivity contribution is 7.13. The molecule has 0 aliphatic rings. The van der Waals surface area contributed by atoms with E-state index in [-0.39, 0.29) is 5.54 Å². The van der Waals surface area contributed by atoms with Crippen molar-refractivity contribution in [1.29, 1.82) is 0 Å². The maximum Gasteiger partial charge on any atom is 0.123 e. The SMILES string of the molecule is CCC(C)(C)N(C)Cc1ccc(-c2nc(CCl)cs2)cc1. The van der Waals surface area contributed by atoms with E-state index in [9.17, 15) is 0 Å². The molecule has 2 nitrogen and oxygen atoms in total. The Balaban J connectivity index is 2.08. The number of hydrogen-bond donors (Lipinski definition) is 0. The fourth-order valence-corrected chi connectivity index (χ4v) is 3.07. The first kappa shape index (κ1) is 16.5. The Morgan fingerprint density at radius 2 is 1.90 bits per heavy atom. The van der Waals surface area contributed by atoms with Gasteiger partial charge in [-0.3, -0.25) is 4.90 Å². The second-order valence-corrected chi connectivity index (χ2v) is 7.12. The minimum atomic E-state index is 0.225. The fraction of sp³-hybridized carbons (Fsp3) is 0.471. The molecule has 0 fully saturated rings. The summed E-state index contributed by atoms with van der Waals surface area (Å²) in [4.78, 5) is 6.92. The Labute approximate surface area is 136 Å².